The number of para-hydroxylation sites is 1. The van der Waals surface area contributed by atoms with Crippen molar-refractivity contribution < 1.29 is 13.7 Å². The molecule has 4 heterocycles. The number of ether oxygens (including phenoxy) is 1. The summed E-state index contributed by atoms with van der Waals surface area (Å²) in [7, 11) is -2.75. The Hall–Kier alpha value is -2.84. The molecule has 29 heavy (non-hydrogen) atoms. The van der Waals surface area contributed by atoms with Crippen molar-refractivity contribution >= 4 is 15.8 Å². The molecule has 1 saturated heterocycles. The Bertz CT molecular complexity index is 1140. The van der Waals surface area contributed by atoms with Crippen LogP contribution in [0.1, 0.15) is 16.1 Å². The number of amides is 1. The molecule has 0 spiro atoms. The Balaban J connectivity index is 1.74. The van der Waals surface area contributed by atoms with E-state index in [2.05, 4.69) is 4.98 Å². The van der Waals surface area contributed by atoms with Gasteiger partial charge in [0.15, 0.2) is 5.69 Å². The van der Waals surface area contributed by atoms with Crippen molar-refractivity contribution in [2.24, 2.45) is 0 Å². The highest BCUT2D eigenvalue weighted by atomic mass is 32.2. The zero-order valence-corrected chi connectivity index (χ0v) is 17.0. The van der Waals surface area contributed by atoms with Crippen LogP contribution in [0.25, 0.3) is 16.9 Å². The minimum absolute atomic E-state index is 0.133. The lowest BCUT2D eigenvalue weighted by Gasteiger charge is -2.28. The lowest BCUT2D eigenvalue weighted by molar-refractivity contribution is 0.0298. The maximum absolute atomic E-state index is 13.5. The third-order valence-electron chi connectivity index (χ3n) is 5.43. The number of hydrogen-bond donors (Lipinski definition) is 1. The van der Waals surface area contributed by atoms with Gasteiger partial charge in [-0.1, -0.05) is 28.1 Å². The molecule has 5 rings (SSSR count). The van der Waals surface area contributed by atoms with Gasteiger partial charge in [0.2, 0.25) is 0 Å². The highest BCUT2D eigenvalue weighted by Gasteiger charge is 2.36. The number of carbonyl (C=O) groups is 1. The van der Waals surface area contributed by atoms with Crippen LogP contribution in [-0.2, 0) is 20.4 Å². The molecule has 1 fully saturated rings. The van der Waals surface area contributed by atoms with Gasteiger partial charge in [-0.2, -0.15) is 5.10 Å². The molecule has 1 amide bonds. The van der Waals surface area contributed by atoms with Crippen LogP contribution in [0.3, 0.4) is 0 Å². The van der Waals surface area contributed by atoms with Crippen molar-refractivity contribution in [1.29, 1.82) is 0 Å². The molecular formula is C21H22N4O3S. The fourth-order valence-electron chi connectivity index (χ4n) is 4.06. The van der Waals surface area contributed by atoms with Gasteiger partial charge in [-0.3, -0.25) is 9.00 Å². The first-order valence-corrected chi connectivity index (χ1v) is 12.0. The topological polar surface area (TPSA) is 77.3 Å². The summed E-state index contributed by atoms with van der Waals surface area (Å²) < 4.78 is 20.6. The summed E-state index contributed by atoms with van der Waals surface area (Å²) in [5.41, 5.74) is 3.58. The first-order valence-electron chi connectivity index (χ1n) is 9.63. The van der Waals surface area contributed by atoms with E-state index in [0.717, 1.165) is 22.5 Å². The standard InChI is InChI=1S/C21H22N4O3S/c1-29(27)14-17-18(21(26)24-10-12-28-13-11-24)23-25(15-6-3-2-4-7-15)19(17)16-8-5-9-22-20(16)29/h2-9,29H,10-14H2,1H3. The number of thiol groups is 1. The summed E-state index contributed by atoms with van der Waals surface area (Å²) in [5.74, 6) is 0.150. The predicted octanol–water partition coefficient (Wildman–Crippen LogP) is 1.93. The van der Waals surface area contributed by atoms with E-state index in [-0.39, 0.29) is 11.7 Å². The van der Waals surface area contributed by atoms with Gasteiger partial charge >= 0.3 is 0 Å². The number of hydrogen-bond acceptors (Lipinski definition) is 5. The van der Waals surface area contributed by atoms with Gasteiger partial charge < -0.3 is 9.64 Å². The Morgan fingerprint density at radius 1 is 1.10 bits per heavy atom. The molecule has 0 unspecified atom stereocenters. The normalized spacial score (nSPS) is 18.6. The van der Waals surface area contributed by atoms with Crippen LogP contribution >= 0.6 is 0 Å². The second kappa shape index (κ2) is 6.89. The van der Waals surface area contributed by atoms with Crippen LogP contribution in [0.5, 0.6) is 0 Å². The second-order valence-electron chi connectivity index (χ2n) is 7.46. The summed E-state index contributed by atoms with van der Waals surface area (Å²) in [4.78, 5) is 19.5. The fourth-order valence-corrected chi connectivity index (χ4v) is 6.11. The quantitative estimate of drug-likeness (QED) is 0.654. The van der Waals surface area contributed by atoms with E-state index in [0.29, 0.717) is 37.0 Å². The molecule has 0 bridgehead atoms. The zero-order valence-electron chi connectivity index (χ0n) is 16.1. The third-order valence-corrected chi connectivity index (χ3v) is 7.61. The average Bonchev–Trinajstić information content (AvgIpc) is 3.13. The first-order chi connectivity index (χ1) is 14.1. The Labute approximate surface area is 169 Å². The van der Waals surface area contributed by atoms with E-state index >= 15 is 0 Å². The van der Waals surface area contributed by atoms with E-state index < -0.39 is 9.93 Å². The highest BCUT2D eigenvalue weighted by Crippen LogP contribution is 2.41. The Morgan fingerprint density at radius 2 is 1.86 bits per heavy atom. The van der Waals surface area contributed by atoms with Crippen molar-refractivity contribution in [3.05, 3.63) is 59.9 Å². The van der Waals surface area contributed by atoms with Crippen molar-refractivity contribution in [3.63, 3.8) is 0 Å². The van der Waals surface area contributed by atoms with Gasteiger partial charge in [-0.15, -0.1) is 0 Å². The lowest BCUT2D eigenvalue weighted by Crippen LogP contribution is -2.41. The van der Waals surface area contributed by atoms with Gasteiger partial charge in [0.1, 0.15) is 5.03 Å². The number of carbonyl (C=O) groups excluding carboxylic acids is 1. The zero-order chi connectivity index (χ0) is 20.0. The largest absolute Gasteiger partial charge is 0.378 e. The van der Waals surface area contributed by atoms with Crippen molar-refractivity contribution in [2.75, 3.05) is 32.6 Å². The molecule has 150 valence electrons. The van der Waals surface area contributed by atoms with Crippen molar-refractivity contribution in [3.8, 4) is 16.9 Å². The Morgan fingerprint density at radius 3 is 2.62 bits per heavy atom. The average molecular weight is 410 g/mol. The molecule has 2 aliphatic rings. The van der Waals surface area contributed by atoms with Gasteiger partial charge in [0.25, 0.3) is 5.91 Å². The van der Waals surface area contributed by atoms with Crippen LogP contribution in [0.4, 0.5) is 0 Å². The number of rotatable bonds is 2. The van der Waals surface area contributed by atoms with E-state index in [1.807, 2.05) is 42.5 Å². The summed E-state index contributed by atoms with van der Waals surface area (Å²) >= 11 is 0. The molecule has 2 aromatic heterocycles. The second-order valence-corrected chi connectivity index (χ2v) is 10.4. The van der Waals surface area contributed by atoms with Gasteiger partial charge in [-0.05, 0) is 30.5 Å². The molecule has 1 aromatic carbocycles. The summed E-state index contributed by atoms with van der Waals surface area (Å²) in [5, 5.41) is 5.34. The minimum atomic E-state index is -2.75. The van der Waals surface area contributed by atoms with Crippen LogP contribution in [0.15, 0.2) is 53.7 Å². The van der Waals surface area contributed by atoms with Crippen LogP contribution in [0, 0.1) is 0 Å². The molecule has 0 aliphatic carbocycles. The molecule has 0 atom stereocenters. The number of benzene rings is 1. The summed E-state index contributed by atoms with van der Waals surface area (Å²) in [6.45, 7) is 2.11. The highest BCUT2D eigenvalue weighted by molar-refractivity contribution is 8.01. The number of morpholine rings is 1. The third kappa shape index (κ3) is 2.99. The van der Waals surface area contributed by atoms with E-state index in [1.165, 1.54) is 0 Å². The molecule has 3 aromatic rings. The number of pyridine rings is 1. The number of nitrogens with zero attached hydrogens (tertiary/aromatic N) is 4. The maximum Gasteiger partial charge on any atom is 0.274 e. The van der Waals surface area contributed by atoms with Crippen molar-refractivity contribution in [1.82, 2.24) is 19.7 Å². The van der Waals surface area contributed by atoms with E-state index in [1.54, 1.807) is 22.0 Å². The SMILES string of the molecule is C[SH]1(=O)Cc2c(C(=O)N3CCOCC3)nn(-c3ccccc3)c2-c2cccnc21. The molecule has 8 heteroatoms. The first kappa shape index (κ1) is 18.2. The van der Waals surface area contributed by atoms with E-state index in [4.69, 9.17) is 9.84 Å². The monoisotopic (exact) mass is 410 g/mol. The molecule has 0 N–H and O–H groups in total. The molecule has 0 saturated carbocycles. The van der Waals surface area contributed by atoms with Crippen LogP contribution < -0.4 is 0 Å². The van der Waals surface area contributed by atoms with Gasteiger partial charge in [0, 0.05) is 36.2 Å². The molecule has 7 nitrogen and oxygen atoms in total. The van der Waals surface area contributed by atoms with E-state index in [9.17, 15) is 9.00 Å². The molecule has 2 aliphatic heterocycles. The predicted molar refractivity (Wildman–Crippen MR) is 111 cm³/mol. The smallest absolute Gasteiger partial charge is 0.274 e. The maximum atomic E-state index is 13.5. The Kier molecular flexibility index (Phi) is 4.33. The van der Waals surface area contributed by atoms with Gasteiger partial charge in [-0.25, -0.2) is 9.67 Å². The number of aromatic nitrogens is 3. The molecule has 0 radical (unpaired) electrons. The molecular weight excluding hydrogens is 388 g/mol. The van der Waals surface area contributed by atoms with Crippen LogP contribution in [-0.4, -0.2) is 62.3 Å². The minimum Gasteiger partial charge on any atom is -0.378 e. The summed E-state index contributed by atoms with van der Waals surface area (Å²) in [6.07, 6.45) is 3.41. The number of fused-ring (bicyclic) bond motifs is 3. The van der Waals surface area contributed by atoms with Gasteiger partial charge in [0.05, 0.1) is 24.6 Å². The van der Waals surface area contributed by atoms with Crippen LogP contribution in [0.2, 0.25) is 0 Å². The fraction of sp³-hybridized carbons (Fsp3) is 0.286. The van der Waals surface area contributed by atoms with Crippen molar-refractivity contribution in [2.45, 2.75) is 10.8 Å². The lowest BCUT2D eigenvalue weighted by atomic mass is 10.1. The summed E-state index contributed by atoms with van der Waals surface area (Å²) in [6, 6.07) is 13.5.